The number of carbonyl (C=O) groups is 1. The maximum atomic E-state index is 12.0. The Kier molecular flexibility index (Phi) is 7.48. The molecule has 0 unspecified atom stereocenters. The first kappa shape index (κ1) is 19.0. The Morgan fingerprint density at radius 2 is 1.80 bits per heavy atom. The first-order valence-electron chi connectivity index (χ1n) is 8.58. The Bertz CT molecular complexity index is 690. The molecule has 2 rings (SSSR count). The third-order valence-corrected chi connectivity index (χ3v) is 3.88. The molecule has 1 N–H and O–H groups in total. The molecule has 0 saturated heterocycles. The van der Waals surface area contributed by atoms with Gasteiger partial charge in [0, 0.05) is 24.2 Å². The summed E-state index contributed by atoms with van der Waals surface area (Å²) in [6, 6.07) is 11.1. The van der Waals surface area contributed by atoms with E-state index in [1.165, 1.54) is 6.08 Å². The summed E-state index contributed by atoms with van der Waals surface area (Å²) in [4.78, 5) is 18.7. The number of nitrogens with one attached hydrogen (secondary N) is 1. The number of anilines is 2. The van der Waals surface area contributed by atoms with Crippen LogP contribution in [0.4, 0.5) is 11.5 Å². The van der Waals surface area contributed by atoms with E-state index in [-0.39, 0.29) is 5.91 Å². The van der Waals surface area contributed by atoms with Crippen molar-refractivity contribution in [3.05, 3.63) is 59.3 Å². The summed E-state index contributed by atoms with van der Waals surface area (Å²) in [6.07, 6.45) is 7.10. The lowest BCUT2D eigenvalue weighted by molar-refractivity contribution is -0.111. The zero-order chi connectivity index (χ0) is 18.1. The highest BCUT2D eigenvalue weighted by Crippen LogP contribution is 2.15. The van der Waals surface area contributed by atoms with E-state index in [9.17, 15) is 4.79 Å². The number of nitrogens with zero attached hydrogens (tertiary/aromatic N) is 2. The van der Waals surface area contributed by atoms with Gasteiger partial charge in [0.25, 0.3) is 0 Å². The van der Waals surface area contributed by atoms with Crippen LogP contribution in [-0.4, -0.2) is 24.0 Å². The highest BCUT2D eigenvalue weighted by atomic mass is 35.5. The van der Waals surface area contributed by atoms with Gasteiger partial charge in [-0.1, -0.05) is 37.6 Å². The Labute approximate surface area is 154 Å². The molecule has 0 spiro atoms. The van der Waals surface area contributed by atoms with Crippen molar-refractivity contribution in [1.29, 1.82) is 0 Å². The minimum atomic E-state index is -0.191. The van der Waals surface area contributed by atoms with E-state index in [4.69, 9.17) is 11.6 Å². The number of aromatic nitrogens is 1. The standard InChI is InChI=1S/C20H24ClN3O/c1-3-13-24(14-4-2)19-11-10-18(15-22-19)23-20(25)12-7-16-5-8-17(21)9-6-16/h5-12,15H,3-4,13-14H2,1-2H3,(H,23,25)/b12-7+. The predicted molar refractivity (Wildman–Crippen MR) is 106 cm³/mol. The summed E-state index contributed by atoms with van der Waals surface area (Å²) in [7, 11) is 0. The summed E-state index contributed by atoms with van der Waals surface area (Å²) in [5, 5.41) is 3.49. The monoisotopic (exact) mass is 357 g/mol. The average Bonchev–Trinajstić information content (AvgIpc) is 2.62. The molecule has 0 aliphatic rings. The van der Waals surface area contributed by atoms with Gasteiger partial charge in [-0.15, -0.1) is 0 Å². The molecule has 5 heteroatoms. The molecule has 0 atom stereocenters. The molecule has 0 aliphatic carbocycles. The fourth-order valence-corrected chi connectivity index (χ4v) is 2.58. The fraction of sp³-hybridized carbons (Fsp3) is 0.300. The third-order valence-electron chi connectivity index (χ3n) is 3.62. The Morgan fingerprint density at radius 1 is 1.12 bits per heavy atom. The van der Waals surface area contributed by atoms with Gasteiger partial charge in [0.1, 0.15) is 5.82 Å². The van der Waals surface area contributed by atoms with Crippen LogP contribution in [0, 0.1) is 0 Å². The molecule has 4 nitrogen and oxygen atoms in total. The van der Waals surface area contributed by atoms with E-state index >= 15 is 0 Å². The number of carbonyl (C=O) groups excluding carboxylic acids is 1. The molecule has 1 heterocycles. The lowest BCUT2D eigenvalue weighted by Crippen LogP contribution is -2.25. The molecule has 0 radical (unpaired) electrons. The zero-order valence-electron chi connectivity index (χ0n) is 14.7. The van der Waals surface area contributed by atoms with Crippen LogP contribution in [0.15, 0.2) is 48.7 Å². The molecule has 0 bridgehead atoms. The first-order valence-corrected chi connectivity index (χ1v) is 8.95. The molecular weight excluding hydrogens is 334 g/mol. The van der Waals surface area contributed by atoms with Gasteiger partial charge in [-0.05, 0) is 48.7 Å². The number of pyridine rings is 1. The normalized spacial score (nSPS) is 10.8. The number of amides is 1. The molecule has 1 aromatic carbocycles. The lowest BCUT2D eigenvalue weighted by Gasteiger charge is -2.22. The molecule has 25 heavy (non-hydrogen) atoms. The van der Waals surface area contributed by atoms with Gasteiger partial charge >= 0.3 is 0 Å². The summed E-state index contributed by atoms with van der Waals surface area (Å²) >= 11 is 5.84. The van der Waals surface area contributed by atoms with E-state index in [1.54, 1.807) is 24.4 Å². The highest BCUT2D eigenvalue weighted by molar-refractivity contribution is 6.30. The molecule has 0 fully saturated rings. The van der Waals surface area contributed by atoms with Crippen molar-refractivity contribution in [2.45, 2.75) is 26.7 Å². The third kappa shape index (κ3) is 6.24. The van der Waals surface area contributed by atoms with Gasteiger partial charge in [0.15, 0.2) is 0 Å². The first-order chi connectivity index (χ1) is 12.1. The van der Waals surface area contributed by atoms with Gasteiger partial charge in [-0.2, -0.15) is 0 Å². The number of hydrogen-bond acceptors (Lipinski definition) is 3. The van der Waals surface area contributed by atoms with Crippen molar-refractivity contribution in [1.82, 2.24) is 4.98 Å². The second-order valence-corrected chi connectivity index (χ2v) is 6.20. The quantitative estimate of drug-likeness (QED) is 0.675. The Hall–Kier alpha value is -2.33. The molecule has 2 aromatic rings. The van der Waals surface area contributed by atoms with E-state index in [0.717, 1.165) is 37.3 Å². The van der Waals surface area contributed by atoms with Crippen LogP contribution < -0.4 is 10.2 Å². The smallest absolute Gasteiger partial charge is 0.248 e. The summed E-state index contributed by atoms with van der Waals surface area (Å²) in [5.41, 5.74) is 1.60. The van der Waals surface area contributed by atoms with Crippen LogP contribution in [0.5, 0.6) is 0 Å². The van der Waals surface area contributed by atoms with Crippen LogP contribution in [-0.2, 0) is 4.79 Å². The van der Waals surface area contributed by atoms with Crippen molar-refractivity contribution < 1.29 is 4.79 Å². The molecule has 0 saturated carbocycles. The molecule has 1 aromatic heterocycles. The topological polar surface area (TPSA) is 45.2 Å². The summed E-state index contributed by atoms with van der Waals surface area (Å²) in [6.45, 7) is 6.28. The van der Waals surface area contributed by atoms with Crippen molar-refractivity contribution in [2.75, 3.05) is 23.3 Å². The molecule has 0 aliphatic heterocycles. The minimum absolute atomic E-state index is 0.191. The Balaban J connectivity index is 1.95. The maximum Gasteiger partial charge on any atom is 0.248 e. The summed E-state index contributed by atoms with van der Waals surface area (Å²) < 4.78 is 0. The van der Waals surface area contributed by atoms with Crippen LogP contribution >= 0.6 is 11.6 Å². The van der Waals surface area contributed by atoms with E-state index in [0.29, 0.717) is 10.7 Å². The van der Waals surface area contributed by atoms with E-state index in [2.05, 4.69) is 29.0 Å². The van der Waals surface area contributed by atoms with Gasteiger partial charge in [0.05, 0.1) is 11.9 Å². The van der Waals surface area contributed by atoms with Crippen LogP contribution in [0.25, 0.3) is 6.08 Å². The highest BCUT2D eigenvalue weighted by Gasteiger charge is 2.06. The molecule has 1 amide bonds. The number of benzene rings is 1. The Morgan fingerprint density at radius 3 is 2.36 bits per heavy atom. The number of rotatable bonds is 8. The van der Waals surface area contributed by atoms with Crippen LogP contribution in [0.3, 0.4) is 0 Å². The SMILES string of the molecule is CCCN(CCC)c1ccc(NC(=O)/C=C/c2ccc(Cl)cc2)cn1. The minimum Gasteiger partial charge on any atom is -0.357 e. The lowest BCUT2D eigenvalue weighted by atomic mass is 10.2. The molecular formula is C20H24ClN3O. The predicted octanol–water partition coefficient (Wildman–Crippen LogP) is 5.01. The van der Waals surface area contributed by atoms with Gasteiger partial charge < -0.3 is 10.2 Å². The van der Waals surface area contributed by atoms with Crippen molar-refractivity contribution in [2.24, 2.45) is 0 Å². The largest absolute Gasteiger partial charge is 0.357 e. The van der Waals surface area contributed by atoms with Crippen LogP contribution in [0.1, 0.15) is 32.3 Å². The van der Waals surface area contributed by atoms with Crippen molar-refractivity contribution in [3.63, 3.8) is 0 Å². The fourth-order valence-electron chi connectivity index (χ4n) is 2.46. The second kappa shape index (κ2) is 9.84. The van der Waals surface area contributed by atoms with E-state index < -0.39 is 0 Å². The average molecular weight is 358 g/mol. The van der Waals surface area contributed by atoms with Gasteiger partial charge in [-0.25, -0.2) is 4.98 Å². The molecule has 132 valence electrons. The van der Waals surface area contributed by atoms with Gasteiger partial charge in [-0.3, -0.25) is 4.79 Å². The number of halogens is 1. The van der Waals surface area contributed by atoms with Crippen molar-refractivity contribution >= 4 is 35.1 Å². The van der Waals surface area contributed by atoms with E-state index in [1.807, 2.05) is 24.3 Å². The maximum absolute atomic E-state index is 12.0. The van der Waals surface area contributed by atoms with Gasteiger partial charge in [0.2, 0.25) is 5.91 Å². The van der Waals surface area contributed by atoms with Crippen molar-refractivity contribution in [3.8, 4) is 0 Å². The van der Waals surface area contributed by atoms with Crippen LogP contribution in [0.2, 0.25) is 5.02 Å². The zero-order valence-corrected chi connectivity index (χ0v) is 15.5. The summed E-state index contributed by atoms with van der Waals surface area (Å²) in [5.74, 6) is 0.752. The second-order valence-electron chi connectivity index (χ2n) is 5.77. The number of hydrogen-bond donors (Lipinski definition) is 1.